The van der Waals surface area contributed by atoms with E-state index < -0.39 is 24.3 Å². The Kier molecular flexibility index (Phi) is 11.8. The van der Waals surface area contributed by atoms with Crippen LogP contribution < -0.4 is 0 Å². The Morgan fingerprint density at radius 1 is 0.765 bits per heavy atom. The van der Waals surface area contributed by atoms with E-state index in [-0.39, 0.29) is 49.4 Å². The van der Waals surface area contributed by atoms with E-state index in [0.717, 1.165) is 0 Å². The SMILES string of the molecule is CCOC(=O)B(C(=O)OCC)C(=O)OCC.[Na]. The van der Waals surface area contributed by atoms with Crippen LogP contribution in [0.2, 0.25) is 0 Å². The van der Waals surface area contributed by atoms with Gasteiger partial charge in [-0.05, 0) is 20.8 Å². The van der Waals surface area contributed by atoms with Crippen LogP contribution in [0.1, 0.15) is 20.8 Å². The number of carbonyl (C=O) groups is 3. The number of rotatable bonds is 6. The molecule has 0 bridgehead atoms. The Hall–Kier alpha value is -0.525. The number of hydrogen-bond acceptors (Lipinski definition) is 6. The van der Waals surface area contributed by atoms with Crippen LogP contribution in [0.25, 0.3) is 0 Å². The van der Waals surface area contributed by atoms with Crippen LogP contribution in [-0.4, -0.2) is 73.7 Å². The molecule has 6 nitrogen and oxygen atoms in total. The van der Waals surface area contributed by atoms with Crippen LogP contribution >= 0.6 is 0 Å². The maximum atomic E-state index is 11.4. The van der Waals surface area contributed by atoms with E-state index in [1.807, 2.05) is 0 Å². The summed E-state index contributed by atoms with van der Waals surface area (Å²) in [5.41, 5.74) is 0. The van der Waals surface area contributed by atoms with Gasteiger partial charge in [-0.2, -0.15) is 0 Å². The quantitative estimate of drug-likeness (QED) is 0.524. The van der Waals surface area contributed by atoms with Crippen molar-refractivity contribution in [2.24, 2.45) is 0 Å². The molecular formula is C9H15BNaO6. The molecule has 17 heavy (non-hydrogen) atoms. The van der Waals surface area contributed by atoms with Gasteiger partial charge >= 0.3 is 6.71 Å². The van der Waals surface area contributed by atoms with Crippen molar-refractivity contribution in [3.8, 4) is 0 Å². The van der Waals surface area contributed by atoms with Crippen LogP contribution in [0, 0.1) is 0 Å². The number of carbonyl (C=O) groups excluding carboxylic acids is 3. The van der Waals surface area contributed by atoms with Crippen molar-refractivity contribution in [1.29, 1.82) is 0 Å². The van der Waals surface area contributed by atoms with Crippen molar-refractivity contribution in [3.63, 3.8) is 0 Å². The third-order valence-corrected chi connectivity index (χ3v) is 1.57. The molecule has 0 saturated carbocycles. The average Bonchev–Trinajstić information content (AvgIpc) is 2.19. The Balaban J connectivity index is 0. The Morgan fingerprint density at radius 2 is 1.00 bits per heavy atom. The summed E-state index contributed by atoms with van der Waals surface area (Å²) in [6.45, 7) is 3.32. The van der Waals surface area contributed by atoms with Gasteiger partial charge in [0.25, 0.3) is 17.6 Å². The molecule has 0 aromatic heterocycles. The van der Waals surface area contributed by atoms with Gasteiger partial charge in [0.05, 0.1) is 19.8 Å². The zero-order valence-corrected chi connectivity index (χ0v) is 12.6. The van der Waals surface area contributed by atoms with E-state index in [0.29, 0.717) is 0 Å². The molecule has 0 aliphatic rings. The maximum Gasteiger partial charge on any atom is 0.531 e. The molecule has 0 unspecified atom stereocenters. The zero-order chi connectivity index (χ0) is 12.6. The molecule has 1 radical (unpaired) electrons. The van der Waals surface area contributed by atoms with Gasteiger partial charge in [0, 0.05) is 29.6 Å². The fraction of sp³-hybridized carbons (Fsp3) is 0.667. The molecule has 0 aromatic rings. The van der Waals surface area contributed by atoms with Gasteiger partial charge in [0.15, 0.2) is 0 Å². The smallest absolute Gasteiger partial charge is 0.473 e. The first-order chi connectivity index (χ1) is 7.58. The van der Waals surface area contributed by atoms with Crippen molar-refractivity contribution >= 4 is 53.9 Å². The van der Waals surface area contributed by atoms with E-state index in [1.165, 1.54) is 0 Å². The largest absolute Gasteiger partial charge is 0.531 e. The molecule has 0 atom stereocenters. The van der Waals surface area contributed by atoms with Gasteiger partial charge in [-0.1, -0.05) is 0 Å². The van der Waals surface area contributed by atoms with Gasteiger partial charge in [-0.25, -0.2) is 0 Å². The zero-order valence-electron chi connectivity index (χ0n) is 10.6. The second-order valence-corrected chi connectivity index (χ2v) is 2.69. The van der Waals surface area contributed by atoms with E-state index in [2.05, 4.69) is 14.2 Å². The summed E-state index contributed by atoms with van der Waals surface area (Å²) in [7, 11) is 0. The molecule has 0 amide bonds. The normalized spacial score (nSPS) is 8.65. The fourth-order valence-corrected chi connectivity index (χ4v) is 0.965. The monoisotopic (exact) mass is 253 g/mol. The maximum absolute atomic E-state index is 11.4. The summed E-state index contributed by atoms with van der Waals surface area (Å²) >= 11 is 0. The molecule has 8 heteroatoms. The van der Waals surface area contributed by atoms with Crippen LogP contribution in [-0.2, 0) is 14.2 Å². The molecule has 0 spiro atoms. The molecular weight excluding hydrogens is 238 g/mol. The van der Waals surface area contributed by atoms with E-state index >= 15 is 0 Å². The van der Waals surface area contributed by atoms with Crippen LogP contribution in [0.3, 0.4) is 0 Å². The predicted octanol–water partition coefficient (Wildman–Crippen LogP) is 1.31. The number of ether oxygens (including phenoxy) is 3. The standard InChI is InChI=1S/C9H15BO6.Na/c1-4-14-7(11)10(8(12)15-5-2)9(13)16-6-3;/h4-6H2,1-3H3;. The molecule has 0 aromatic carbocycles. The summed E-state index contributed by atoms with van der Waals surface area (Å²) in [4.78, 5) is 34.1. The second kappa shape index (κ2) is 10.6. The topological polar surface area (TPSA) is 78.9 Å². The molecule has 0 fully saturated rings. The minimum atomic E-state index is -1.64. The van der Waals surface area contributed by atoms with Crippen LogP contribution in [0.15, 0.2) is 0 Å². The van der Waals surface area contributed by atoms with E-state index in [1.54, 1.807) is 20.8 Å². The Bertz CT molecular complexity index is 227. The summed E-state index contributed by atoms with van der Waals surface area (Å²) < 4.78 is 13.8. The van der Waals surface area contributed by atoms with Gasteiger partial charge in [0.2, 0.25) is 0 Å². The molecule has 0 rings (SSSR count). The number of hydrogen-bond donors (Lipinski definition) is 0. The predicted molar refractivity (Wildman–Crippen MR) is 62.6 cm³/mol. The molecule has 0 heterocycles. The third-order valence-electron chi connectivity index (χ3n) is 1.57. The molecule has 0 saturated heterocycles. The van der Waals surface area contributed by atoms with Crippen molar-refractivity contribution in [2.75, 3.05) is 19.8 Å². The van der Waals surface area contributed by atoms with Gasteiger partial charge < -0.3 is 14.2 Å². The van der Waals surface area contributed by atoms with Crippen LogP contribution in [0.5, 0.6) is 0 Å². The van der Waals surface area contributed by atoms with Crippen molar-refractivity contribution in [3.05, 3.63) is 0 Å². The molecule has 0 N–H and O–H groups in total. The minimum absolute atomic E-state index is 0. The third kappa shape index (κ3) is 6.70. The fourth-order valence-electron chi connectivity index (χ4n) is 0.965. The Labute approximate surface area is 123 Å². The van der Waals surface area contributed by atoms with E-state index in [4.69, 9.17) is 0 Å². The summed E-state index contributed by atoms with van der Waals surface area (Å²) in [5, 5.41) is 0. The first kappa shape index (κ1) is 18.8. The van der Waals surface area contributed by atoms with Crippen LogP contribution in [0.4, 0.5) is 14.4 Å². The molecule has 0 aliphatic heterocycles. The summed E-state index contributed by atoms with van der Waals surface area (Å²) in [6.07, 6.45) is 0. The molecule has 91 valence electrons. The first-order valence-electron chi connectivity index (χ1n) is 5.08. The first-order valence-corrected chi connectivity index (χ1v) is 5.08. The molecule has 0 aliphatic carbocycles. The summed E-state index contributed by atoms with van der Waals surface area (Å²) in [5.74, 6) is -2.84. The van der Waals surface area contributed by atoms with E-state index in [9.17, 15) is 14.4 Å². The summed E-state index contributed by atoms with van der Waals surface area (Å²) in [6, 6.07) is 0. The van der Waals surface area contributed by atoms with Crippen molar-refractivity contribution < 1.29 is 28.6 Å². The van der Waals surface area contributed by atoms with Crippen molar-refractivity contribution in [2.45, 2.75) is 20.8 Å². The second-order valence-electron chi connectivity index (χ2n) is 2.69. The van der Waals surface area contributed by atoms with Gasteiger partial charge in [-0.15, -0.1) is 0 Å². The van der Waals surface area contributed by atoms with Crippen molar-refractivity contribution in [1.82, 2.24) is 0 Å². The van der Waals surface area contributed by atoms with Gasteiger partial charge in [0.1, 0.15) is 0 Å². The average molecular weight is 253 g/mol. The van der Waals surface area contributed by atoms with Gasteiger partial charge in [-0.3, -0.25) is 14.4 Å². The Morgan fingerprint density at radius 3 is 1.18 bits per heavy atom. The minimum Gasteiger partial charge on any atom is -0.473 e.